The average molecular weight is 225 g/mol. The van der Waals surface area contributed by atoms with Gasteiger partial charge in [-0.3, -0.25) is 4.79 Å². The highest BCUT2D eigenvalue weighted by Gasteiger charge is 2.24. The van der Waals surface area contributed by atoms with Crippen molar-refractivity contribution in [1.82, 2.24) is 5.32 Å². The van der Waals surface area contributed by atoms with Crippen molar-refractivity contribution in [2.75, 3.05) is 6.61 Å². The lowest BCUT2D eigenvalue weighted by Crippen LogP contribution is -2.38. The van der Waals surface area contributed by atoms with E-state index in [9.17, 15) is 9.59 Å². The topological polar surface area (TPSA) is 75.6 Å². The number of hydrogen-bond donors (Lipinski definition) is 2. The minimum Gasteiger partial charge on any atom is -0.481 e. The molecule has 0 saturated heterocycles. The summed E-state index contributed by atoms with van der Waals surface area (Å²) in [5.41, 5.74) is 0. The Kier molecular flexibility index (Phi) is 4.57. The summed E-state index contributed by atoms with van der Waals surface area (Å²) in [6.45, 7) is 3.57. The van der Waals surface area contributed by atoms with Crippen molar-refractivity contribution in [2.45, 2.75) is 18.9 Å². The monoisotopic (exact) mass is 225 g/mol. The van der Waals surface area contributed by atoms with Crippen LogP contribution in [0, 0.1) is 5.92 Å². The Morgan fingerprint density at radius 1 is 1.62 bits per heavy atom. The van der Waals surface area contributed by atoms with Gasteiger partial charge in [-0.1, -0.05) is 24.8 Å². The van der Waals surface area contributed by atoms with Gasteiger partial charge in [0, 0.05) is 6.04 Å². The van der Waals surface area contributed by atoms with Gasteiger partial charge in [-0.2, -0.15) is 0 Å². The minimum atomic E-state index is -0.873. The molecule has 0 spiro atoms. The molecule has 0 heterocycles. The van der Waals surface area contributed by atoms with Crippen LogP contribution in [0.5, 0.6) is 0 Å². The van der Waals surface area contributed by atoms with E-state index in [0.717, 1.165) is 0 Å². The molecule has 0 bridgehead atoms. The quantitative estimate of drug-likeness (QED) is 0.707. The van der Waals surface area contributed by atoms with Crippen LogP contribution in [-0.4, -0.2) is 29.8 Å². The van der Waals surface area contributed by atoms with Crippen LogP contribution in [0.4, 0.5) is 4.79 Å². The number of ether oxygens (including phenoxy) is 1. The normalized spacial score (nSPS) is 23.5. The SMILES string of the molecule is C=CCOC(=O)N[C@@H]1CC=C[C@H](C(=O)O)C1. The van der Waals surface area contributed by atoms with Gasteiger partial charge in [0.05, 0.1) is 5.92 Å². The van der Waals surface area contributed by atoms with Gasteiger partial charge in [0.15, 0.2) is 0 Å². The first-order valence-electron chi connectivity index (χ1n) is 5.07. The number of aliphatic carboxylic acids is 1. The molecule has 1 aliphatic rings. The van der Waals surface area contributed by atoms with E-state index in [2.05, 4.69) is 11.9 Å². The Hall–Kier alpha value is -1.78. The van der Waals surface area contributed by atoms with Crippen molar-refractivity contribution in [2.24, 2.45) is 5.92 Å². The highest BCUT2D eigenvalue weighted by atomic mass is 16.5. The second-order valence-corrected chi connectivity index (χ2v) is 3.57. The molecule has 0 saturated carbocycles. The van der Waals surface area contributed by atoms with E-state index in [1.54, 1.807) is 12.2 Å². The Bertz CT molecular complexity index is 311. The smallest absolute Gasteiger partial charge is 0.407 e. The van der Waals surface area contributed by atoms with Crippen LogP contribution in [0.15, 0.2) is 24.8 Å². The van der Waals surface area contributed by atoms with Crippen molar-refractivity contribution in [1.29, 1.82) is 0 Å². The number of carboxylic acid groups (broad SMARTS) is 1. The number of carbonyl (C=O) groups is 2. The summed E-state index contributed by atoms with van der Waals surface area (Å²) in [4.78, 5) is 21.9. The molecule has 1 aliphatic carbocycles. The van der Waals surface area contributed by atoms with Crippen LogP contribution in [0.1, 0.15) is 12.8 Å². The third kappa shape index (κ3) is 3.76. The fourth-order valence-corrected chi connectivity index (χ4v) is 1.53. The van der Waals surface area contributed by atoms with Crippen LogP contribution in [-0.2, 0) is 9.53 Å². The van der Waals surface area contributed by atoms with Crippen LogP contribution in [0.3, 0.4) is 0 Å². The van der Waals surface area contributed by atoms with E-state index >= 15 is 0 Å². The second-order valence-electron chi connectivity index (χ2n) is 3.57. The Morgan fingerprint density at radius 3 is 3.00 bits per heavy atom. The van der Waals surface area contributed by atoms with Gasteiger partial charge < -0.3 is 15.2 Å². The molecule has 16 heavy (non-hydrogen) atoms. The lowest BCUT2D eigenvalue weighted by atomic mass is 9.92. The molecule has 2 atom stereocenters. The van der Waals surface area contributed by atoms with Gasteiger partial charge >= 0.3 is 12.1 Å². The first-order valence-corrected chi connectivity index (χ1v) is 5.07. The first-order chi connectivity index (χ1) is 7.63. The van der Waals surface area contributed by atoms with Gasteiger partial charge in [-0.25, -0.2) is 4.79 Å². The zero-order chi connectivity index (χ0) is 12.0. The van der Waals surface area contributed by atoms with Gasteiger partial charge in [-0.05, 0) is 12.8 Å². The van der Waals surface area contributed by atoms with Crippen LogP contribution in [0.25, 0.3) is 0 Å². The molecular weight excluding hydrogens is 210 g/mol. The molecule has 0 fully saturated rings. The maximum atomic E-state index is 11.2. The molecule has 0 radical (unpaired) electrons. The predicted octanol–water partition coefficient (Wildman–Crippen LogP) is 1.32. The van der Waals surface area contributed by atoms with Gasteiger partial charge in [-0.15, -0.1) is 0 Å². The van der Waals surface area contributed by atoms with Crippen molar-refractivity contribution < 1.29 is 19.4 Å². The highest BCUT2D eigenvalue weighted by molar-refractivity contribution is 5.73. The molecule has 0 aliphatic heterocycles. The van der Waals surface area contributed by atoms with E-state index in [0.29, 0.717) is 12.8 Å². The number of hydrogen-bond acceptors (Lipinski definition) is 3. The molecule has 5 heteroatoms. The summed E-state index contributed by atoms with van der Waals surface area (Å²) in [5, 5.41) is 11.4. The summed E-state index contributed by atoms with van der Waals surface area (Å²) < 4.78 is 4.75. The molecule has 0 aromatic carbocycles. The zero-order valence-electron chi connectivity index (χ0n) is 8.89. The van der Waals surface area contributed by atoms with E-state index in [1.807, 2.05) is 0 Å². The standard InChI is InChI=1S/C11H15NO4/c1-2-6-16-11(15)12-9-5-3-4-8(7-9)10(13)14/h2-4,8-9H,1,5-7H2,(H,12,15)(H,13,14)/t8-,9+/m0/s1. The summed E-state index contributed by atoms with van der Waals surface area (Å²) in [5.74, 6) is -1.40. The summed E-state index contributed by atoms with van der Waals surface area (Å²) in [7, 11) is 0. The maximum absolute atomic E-state index is 11.2. The molecule has 2 N–H and O–H groups in total. The van der Waals surface area contributed by atoms with Crippen LogP contribution in [0.2, 0.25) is 0 Å². The lowest BCUT2D eigenvalue weighted by Gasteiger charge is -2.22. The van der Waals surface area contributed by atoms with Gasteiger partial charge in [0.2, 0.25) is 0 Å². The third-order valence-corrected chi connectivity index (χ3v) is 2.30. The van der Waals surface area contributed by atoms with Gasteiger partial charge in [0.25, 0.3) is 0 Å². The Labute approximate surface area is 93.8 Å². The van der Waals surface area contributed by atoms with E-state index in [-0.39, 0.29) is 12.6 Å². The summed E-state index contributed by atoms with van der Waals surface area (Å²) >= 11 is 0. The second kappa shape index (κ2) is 5.95. The van der Waals surface area contributed by atoms with E-state index < -0.39 is 18.0 Å². The summed E-state index contributed by atoms with van der Waals surface area (Å²) in [6, 6.07) is -0.177. The number of carboxylic acids is 1. The number of carbonyl (C=O) groups excluding carboxylic acids is 1. The average Bonchev–Trinajstić information content (AvgIpc) is 2.26. The maximum Gasteiger partial charge on any atom is 0.407 e. The van der Waals surface area contributed by atoms with Crippen molar-refractivity contribution in [3.63, 3.8) is 0 Å². The van der Waals surface area contributed by atoms with Crippen LogP contribution < -0.4 is 5.32 Å². The van der Waals surface area contributed by atoms with Gasteiger partial charge in [0.1, 0.15) is 6.61 Å². The molecule has 0 aromatic heterocycles. The Balaban J connectivity index is 2.39. The number of rotatable bonds is 4. The summed E-state index contributed by atoms with van der Waals surface area (Å²) in [6.07, 6.45) is 5.38. The Morgan fingerprint density at radius 2 is 2.38 bits per heavy atom. The number of alkyl carbamates (subject to hydrolysis) is 1. The number of amides is 1. The van der Waals surface area contributed by atoms with Crippen LogP contribution >= 0.6 is 0 Å². The van der Waals surface area contributed by atoms with E-state index in [4.69, 9.17) is 9.84 Å². The zero-order valence-corrected chi connectivity index (χ0v) is 8.89. The van der Waals surface area contributed by atoms with Crippen molar-refractivity contribution in [3.05, 3.63) is 24.8 Å². The molecule has 1 amide bonds. The molecule has 88 valence electrons. The van der Waals surface area contributed by atoms with Crippen molar-refractivity contribution >= 4 is 12.1 Å². The first kappa shape index (κ1) is 12.3. The van der Waals surface area contributed by atoms with E-state index in [1.165, 1.54) is 6.08 Å². The predicted molar refractivity (Wildman–Crippen MR) is 58.0 cm³/mol. The number of nitrogens with one attached hydrogen (secondary N) is 1. The largest absolute Gasteiger partial charge is 0.481 e. The molecule has 0 aromatic rings. The minimum absolute atomic E-state index is 0.150. The fourth-order valence-electron chi connectivity index (χ4n) is 1.53. The third-order valence-electron chi connectivity index (χ3n) is 2.30. The molecule has 1 rings (SSSR count). The molecule has 0 unspecified atom stereocenters. The molecule has 5 nitrogen and oxygen atoms in total. The lowest BCUT2D eigenvalue weighted by molar-refractivity contribution is -0.140. The highest BCUT2D eigenvalue weighted by Crippen LogP contribution is 2.18. The molecular formula is C11H15NO4. The van der Waals surface area contributed by atoms with Crippen molar-refractivity contribution in [3.8, 4) is 0 Å². The fraction of sp³-hybridized carbons (Fsp3) is 0.455.